The van der Waals surface area contributed by atoms with E-state index in [1.54, 1.807) is 12.1 Å². The maximum absolute atomic E-state index is 12.0. The Bertz CT molecular complexity index is 645. The fraction of sp³-hybridized carbons (Fsp3) is 0. The SMILES string of the molecule is Nc1cc(Cl)ccc1NC(=O)c1cc(O)ccc1Cl. The van der Waals surface area contributed by atoms with Crippen LogP contribution in [-0.4, -0.2) is 11.0 Å². The third-order valence-electron chi connectivity index (χ3n) is 2.46. The number of carbonyl (C=O) groups is 1. The lowest BCUT2D eigenvalue weighted by atomic mass is 10.2. The molecule has 0 aliphatic carbocycles. The van der Waals surface area contributed by atoms with Crippen molar-refractivity contribution < 1.29 is 9.90 Å². The zero-order valence-corrected chi connectivity index (χ0v) is 11.2. The number of anilines is 2. The predicted octanol–water partition coefficient (Wildman–Crippen LogP) is 3.53. The first kappa shape index (κ1) is 13.5. The minimum absolute atomic E-state index is 0.0429. The maximum Gasteiger partial charge on any atom is 0.257 e. The van der Waals surface area contributed by atoms with Gasteiger partial charge in [-0.25, -0.2) is 0 Å². The number of halogens is 2. The summed E-state index contributed by atoms with van der Waals surface area (Å²) in [5, 5.41) is 12.7. The van der Waals surface area contributed by atoms with Gasteiger partial charge in [-0.1, -0.05) is 23.2 Å². The van der Waals surface area contributed by atoms with Gasteiger partial charge in [-0.3, -0.25) is 4.79 Å². The molecule has 0 bridgehead atoms. The number of aromatic hydroxyl groups is 1. The van der Waals surface area contributed by atoms with Gasteiger partial charge in [0.25, 0.3) is 5.91 Å². The first-order valence-electron chi connectivity index (χ1n) is 5.32. The van der Waals surface area contributed by atoms with Crippen LogP contribution < -0.4 is 11.1 Å². The average Bonchev–Trinajstić information content (AvgIpc) is 2.35. The van der Waals surface area contributed by atoms with Crippen LogP contribution in [0.15, 0.2) is 36.4 Å². The van der Waals surface area contributed by atoms with Crippen LogP contribution in [0.1, 0.15) is 10.4 Å². The van der Waals surface area contributed by atoms with Crippen LogP contribution in [0, 0.1) is 0 Å². The summed E-state index contributed by atoms with van der Waals surface area (Å²) in [5.74, 6) is -0.506. The van der Waals surface area contributed by atoms with E-state index >= 15 is 0 Å². The van der Waals surface area contributed by atoms with Gasteiger partial charge >= 0.3 is 0 Å². The monoisotopic (exact) mass is 296 g/mol. The minimum Gasteiger partial charge on any atom is -0.508 e. The van der Waals surface area contributed by atoms with Gasteiger partial charge in [-0.05, 0) is 36.4 Å². The van der Waals surface area contributed by atoms with Crippen molar-refractivity contribution in [3.05, 3.63) is 52.0 Å². The molecule has 0 aromatic heterocycles. The Hall–Kier alpha value is -1.91. The number of carbonyl (C=O) groups excluding carboxylic acids is 1. The zero-order chi connectivity index (χ0) is 14.0. The molecule has 0 aliphatic rings. The summed E-state index contributed by atoms with van der Waals surface area (Å²) in [5.41, 5.74) is 6.67. The van der Waals surface area contributed by atoms with Crippen molar-refractivity contribution in [2.75, 3.05) is 11.1 Å². The van der Waals surface area contributed by atoms with E-state index in [9.17, 15) is 9.90 Å². The molecule has 0 atom stereocenters. The highest BCUT2D eigenvalue weighted by atomic mass is 35.5. The number of rotatable bonds is 2. The van der Waals surface area contributed by atoms with Gasteiger partial charge < -0.3 is 16.2 Å². The number of nitrogen functional groups attached to an aromatic ring is 1. The second kappa shape index (κ2) is 5.38. The van der Waals surface area contributed by atoms with Crippen LogP contribution in [0.4, 0.5) is 11.4 Å². The smallest absolute Gasteiger partial charge is 0.257 e. The van der Waals surface area contributed by atoms with Crippen molar-refractivity contribution in [2.24, 2.45) is 0 Å². The van der Waals surface area contributed by atoms with Crippen LogP contribution in [0.5, 0.6) is 5.75 Å². The van der Waals surface area contributed by atoms with Crippen LogP contribution in [0.2, 0.25) is 10.0 Å². The number of nitrogens with one attached hydrogen (secondary N) is 1. The van der Waals surface area contributed by atoms with Crippen molar-refractivity contribution in [2.45, 2.75) is 0 Å². The van der Waals surface area contributed by atoms with E-state index in [2.05, 4.69) is 5.32 Å². The molecule has 0 unspecified atom stereocenters. The Labute approximate surface area is 119 Å². The predicted molar refractivity (Wildman–Crippen MR) is 76.9 cm³/mol. The summed E-state index contributed by atoms with van der Waals surface area (Å²) in [4.78, 5) is 12.0. The molecule has 2 rings (SSSR count). The summed E-state index contributed by atoms with van der Waals surface area (Å²) in [6.45, 7) is 0. The molecule has 0 heterocycles. The molecule has 19 heavy (non-hydrogen) atoms. The van der Waals surface area contributed by atoms with Crippen LogP contribution in [0.3, 0.4) is 0 Å². The lowest BCUT2D eigenvalue weighted by molar-refractivity contribution is 0.102. The molecule has 1 amide bonds. The molecule has 6 heteroatoms. The lowest BCUT2D eigenvalue weighted by Gasteiger charge is -2.09. The molecule has 4 nitrogen and oxygen atoms in total. The van der Waals surface area contributed by atoms with Crippen LogP contribution in [-0.2, 0) is 0 Å². The number of phenolic OH excluding ortho intramolecular Hbond substituents is 1. The molecular weight excluding hydrogens is 287 g/mol. The normalized spacial score (nSPS) is 10.2. The second-order valence-corrected chi connectivity index (χ2v) is 4.69. The third kappa shape index (κ3) is 3.10. The van der Waals surface area contributed by atoms with Gasteiger partial charge in [0, 0.05) is 5.02 Å². The van der Waals surface area contributed by atoms with Crippen molar-refractivity contribution in [3.63, 3.8) is 0 Å². The fourth-order valence-corrected chi connectivity index (χ4v) is 1.91. The Morgan fingerprint density at radius 1 is 1.16 bits per heavy atom. The van der Waals surface area contributed by atoms with E-state index in [1.165, 1.54) is 24.3 Å². The maximum atomic E-state index is 12.0. The second-order valence-electron chi connectivity index (χ2n) is 3.85. The van der Waals surface area contributed by atoms with Gasteiger partial charge in [0.1, 0.15) is 5.75 Å². The number of hydrogen-bond acceptors (Lipinski definition) is 3. The topological polar surface area (TPSA) is 75.3 Å². The van der Waals surface area contributed by atoms with Crippen molar-refractivity contribution in [1.29, 1.82) is 0 Å². The van der Waals surface area contributed by atoms with Gasteiger partial charge in [0.2, 0.25) is 0 Å². The molecule has 98 valence electrons. The Morgan fingerprint density at radius 3 is 2.58 bits per heavy atom. The fourth-order valence-electron chi connectivity index (χ4n) is 1.52. The summed E-state index contributed by atoms with van der Waals surface area (Å²) in [6, 6.07) is 8.85. The zero-order valence-electron chi connectivity index (χ0n) is 9.65. The third-order valence-corrected chi connectivity index (χ3v) is 3.02. The van der Waals surface area contributed by atoms with E-state index in [-0.39, 0.29) is 16.3 Å². The molecule has 0 spiro atoms. The lowest BCUT2D eigenvalue weighted by Crippen LogP contribution is -2.13. The van der Waals surface area contributed by atoms with Gasteiger partial charge in [0.05, 0.1) is 22.0 Å². The Morgan fingerprint density at radius 2 is 1.89 bits per heavy atom. The van der Waals surface area contributed by atoms with Crippen molar-refractivity contribution in [3.8, 4) is 5.75 Å². The molecule has 0 aliphatic heterocycles. The molecule has 2 aromatic carbocycles. The standard InChI is InChI=1S/C13H10Cl2N2O2/c14-7-1-4-12(11(16)5-7)17-13(19)9-6-8(18)2-3-10(9)15/h1-6,18H,16H2,(H,17,19). The van der Waals surface area contributed by atoms with Gasteiger partial charge in [-0.2, -0.15) is 0 Å². The van der Waals surface area contributed by atoms with Gasteiger partial charge in [0.15, 0.2) is 0 Å². The first-order chi connectivity index (χ1) is 8.97. The number of benzene rings is 2. The van der Waals surface area contributed by atoms with Gasteiger partial charge in [-0.15, -0.1) is 0 Å². The number of nitrogens with two attached hydrogens (primary N) is 1. The Balaban J connectivity index is 2.28. The van der Waals surface area contributed by atoms with Crippen molar-refractivity contribution >= 4 is 40.5 Å². The highest BCUT2D eigenvalue weighted by Gasteiger charge is 2.12. The largest absolute Gasteiger partial charge is 0.508 e. The van der Waals surface area contributed by atoms with Crippen molar-refractivity contribution in [1.82, 2.24) is 0 Å². The summed E-state index contributed by atoms with van der Waals surface area (Å²) in [7, 11) is 0. The molecule has 0 fully saturated rings. The molecular formula is C13H10Cl2N2O2. The molecule has 4 N–H and O–H groups in total. The Kier molecular flexibility index (Phi) is 3.83. The molecule has 0 saturated heterocycles. The summed E-state index contributed by atoms with van der Waals surface area (Å²) >= 11 is 11.7. The van der Waals surface area contributed by atoms with Crippen LogP contribution >= 0.6 is 23.2 Å². The number of amides is 1. The van der Waals surface area contributed by atoms with Crippen LogP contribution in [0.25, 0.3) is 0 Å². The minimum atomic E-state index is -0.463. The highest BCUT2D eigenvalue weighted by Crippen LogP contribution is 2.26. The number of hydrogen-bond donors (Lipinski definition) is 3. The van der Waals surface area contributed by atoms with E-state index < -0.39 is 5.91 Å². The first-order valence-corrected chi connectivity index (χ1v) is 6.08. The highest BCUT2D eigenvalue weighted by molar-refractivity contribution is 6.34. The van der Waals surface area contributed by atoms with E-state index in [4.69, 9.17) is 28.9 Å². The molecule has 0 saturated carbocycles. The molecule has 2 aromatic rings. The average molecular weight is 297 g/mol. The van der Waals surface area contributed by atoms with E-state index in [0.29, 0.717) is 16.4 Å². The summed E-state index contributed by atoms with van der Waals surface area (Å²) in [6.07, 6.45) is 0. The van der Waals surface area contributed by atoms with E-state index in [1.807, 2.05) is 0 Å². The molecule has 0 radical (unpaired) electrons. The summed E-state index contributed by atoms with van der Waals surface area (Å²) < 4.78 is 0. The number of phenols is 1. The van der Waals surface area contributed by atoms with E-state index in [0.717, 1.165) is 0 Å². The quantitative estimate of drug-likeness (QED) is 0.742.